The molecule has 0 aliphatic carbocycles. The Bertz CT molecular complexity index is 741. The van der Waals surface area contributed by atoms with Gasteiger partial charge in [-0.1, -0.05) is 42.5 Å². The molecule has 0 unspecified atom stereocenters. The van der Waals surface area contributed by atoms with E-state index < -0.39 is 0 Å². The van der Waals surface area contributed by atoms with Gasteiger partial charge in [0.25, 0.3) is 0 Å². The average Bonchev–Trinajstić information content (AvgIpc) is 3.11. The van der Waals surface area contributed by atoms with Crippen LogP contribution in [0.25, 0.3) is 10.8 Å². The van der Waals surface area contributed by atoms with Crippen molar-refractivity contribution < 1.29 is 0 Å². The van der Waals surface area contributed by atoms with Crippen LogP contribution in [0.4, 0.5) is 0 Å². The van der Waals surface area contributed by atoms with Crippen molar-refractivity contribution in [3.8, 4) is 0 Å². The molecule has 0 spiro atoms. The van der Waals surface area contributed by atoms with Crippen LogP contribution < -0.4 is 5.32 Å². The summed E-state index contributed by atoms with van der Waals surface area (Å²) in [5.41, 5.74) is 1.28. The van der Waals surface area contributed by atoms with E-state index in [0.29, 0.717) is 5.92 Å². The van der Waals surface area contributed by atoms with E-state index in [9.17, 15) is 0 Å². The first-order valence-electron chi connectivity index (χ1n) is 7.84. The second-order valence-electron chi connectivity index (χ2n) is 5.88. The molecule has 0 radical (unpaired) electrons. The molecule has 3 aromatic rings. The van der Waals surface area contributed by atoms with E-state index in [4.69, 9.17) is 0 Å². The second-order valence-corrected chi connectivity index (χ2v) is 5.88. The molecule has 1 aromatic heterocycles. The molecule has 1 aliphatic rings. The number of hydrogen-bond acceptors (Lipinski definition) is 4. The molecule has 1 N–H and O–H groups in total. The van der Waals surface area contributed by atoms with Gasteiger partial charge in [0.15, 0.2) is 6.33 Å². The lowest BCUT2D eigenvalue weighted by Gasteiger charge is -2.30. The van der Waals surface area contributed by atoms with Gasteiger partial charge in [0.05, 0.1) is 0 Å². The van der Waals surface area contributed by atoms with Gasteiger partial charge in [0.1, 0.15) is 6.04 Å². The van der Waals surface area contributed by atoms with Gasteiger partial charge in [-0.25, -0.2) is 0 Å². The molecule has 4 rings (SSSR count). The minimum absolute atomic E-state index is 0.126. The molecule has 1 fully saturated rings. The molecule has 22 heavy (non-hydrogen) atoms. The summed E-state index contributed by atoms with van der Waals surface area (Å²) in [6.07, 6.45) is 3.90. The Balaban J connectivity index is 1.85. The highest BCUT2D eigenvalue weighted by atomic mass is 15.6. The van der Waals surface area contributed by atoms with Gasteiger partial charge in [0.2, 0.25) is 0 Å². The molecule has 5 nitrogen and oxygen atoms in total. The topological polar surface area (TPSA) is 55.6 Å². The minimum atomic E-state index is 0.126. The number of nitrogens with zero attached hydrogens (tertiary/aromatic N) is 4. The molecule has 5 heteroatoms. The molecule has 2 aromatic carbocycles. The summed E-state index contributed by atoms with van der Waals surface area (Å²) in [6, 6.07) is 15.1. The molecule has 1 aliphatic heterocycles. The fraction of sp³-hybridized carbons (Fsp3) is 0.353. The molecule has 0 saturated carbocycles. The number of nitrogens with one attached hydrogen (secondary N) is 1. The predicted molar refractivity (Wildman–Crippen MR) is 85.5 cm³/mol. The average molecular weight is 293 g/mol. The van der Waals surface area contributed by atoms with Gasteiger partial charge >= 0.3 is 0 Å². The van der Waals surface area contributed by atoms with E-state index in [1.54, 1.807) is 4.80 Å². The summed E-state index contributed by atoms with van der Waals surface area (Å²) in [6.45, 7) is 2.10. The summed E-state index contributed by atoms with van der Waals surface area (Å²) in [7, 11) is 0. The van der Waals surface area contributed by atoms with Gasteiger partial charge < -0.3 is 5.32 Å². The number of tetrazole rings is 1. The van der Waals surface area contributed by atoms with Crippen LogP contribution in [-0.2, 0) is 0 Å². The Morgan fingerprint density at radius 2 is 2.05 bits per heavy atom. The summed E-state index contributed by atoms with van der Waals surface area (Å²) in [4.78, 5) is 1.78. The third kappa shape index (κ3) is 2.37. The maximum Gasteiger partial charge on any atom is 0.162 e. The van der Waals surface area contributed by atoms with Crippen molar-refractivity contribution >= 4 is 10.8 Å². The summed E-state index contributed by atoms with van der Waals surface area (Å²) in [5, 5.41) is 18.5. The smallest absolute Gasteiger partial charge is 0.162 e. The van der Waals surface area contributed by atoms with Crippen LogP contribution in [0.3, 0.4) is 0 Å². The highest BCUT2D eigenvalue weighted by molar-refractivity contribution is 5.86. The first kappa shape index (κ1) is 13.4. The minimum Gasteiger partial charge on any atom is -0.316 e. The number of rotatable bonds is 3. The van der Waals surface area contributed by atoms with E-state index in [1.165, 1.54) is 35.5 Å². The van der Waals surface area contributed by atoms with Crippen molar-refractivity contribution in [1.82, 2.24) is 25.5 Å². The maximum atomic E-state index is 4.34. The quantitative estimate of drug-likeness (QED) is 0.806. The summed E-state index contributed by atoms with van der Waals surface area (Å²) >= 11 is 0. The molecule has 112 valence electrons. The highest BCUT2D eigenvalue weighted by Gasteiger charge is 2.29. The fourth-order valence-electron chi connectivity index (χ4n) is 3.53. The normalized spacial score (nSPS) is 20.1. The van der Waals surface area contributed by atoms with Crippen molar-refractivity contribution in [1.29, 1.82) is 0 Å². The van der Waals surface area contributed by atoms with Gasteiger partial charge in [-0.05, 0) is 46.9 Å². The van der Waals surface area contributed by atoms with Crippen molar-refractivity contribution in [2.24, 2.45) is 5.92 Å². The maximum absolute atomic E-state index is 4.34. The number of aromatic nitrogens is 4. The van der Waals surface area contributed by atoms with Crippen molar-refractivity contribution in [3.05, 3.63) is 54.4 Å². The van der Waals surface area contributed by atoms with Gasteiger partial charge in [-0.2, -0.15) is 4.80 Å². The van der Waals surface area contributed by atoms with Crippen LogP contribution in [0.2, 0.25) is 0 Å². The van der Waals surface area contributed by atoms with Crippen LogP contribution in [-0.4, -0.2) is 33.3 Å². The standard InChI is InChI=1S/C17H19N5/c1-2-8-15-13(5-1)6-3-9-16(15)17(22-20-12-19-21-22)14-7-4-10-18-11-14/h1-3,5-6,8-9,12,14,17-18H,4,7,10-11H2/t14-,17-/m1/s1. The molecule has 2 atom stereocenters. The van der Waals surface area contributed by atoms with Crippen LogP contribution in [0.5, 0.6) is 0 Å². The number of hydrogen-bond donors (Lipinski definition) is 1. The summed E-state index contributed by atoms with van der Waals surface area (Å²) in [5.74, 6) is 0.480. The van der Waals surface area contributed by atoms with Crippen LogP contribution in [0.1, 0.15) is 24.4 Å². The lowest BCUT2D eigenvalue weighted by atomic mass is 9.85. The van der Waals surface area contributed by atoms with Crippen LogP contribution >= 0.6 is 0 Å². The Morgan fingerprint density at radius 1 is 1.14 bits per heavy atom. The lowest BCUT2D eigenvalue weighted by molar-refractivity contribution is 0.262. The van der Waals surface area contributed by atoms with Crippen molar-refractivity contribution in [2.75, 3.05) is 13.1 Å². The zero-order valence-electron chi connectivity index (χ0n) is 12.4. The second kappa shape index (κ2) is 5.85. The largest absolute Gasteiger partial charge is 0.316 e. The Kier molecular flexibility index (Phi) is 3.56. The molecular formula is C17H19N5. The molecule has 1 saturated heterocycles. The molecule has 0 bridgehead atoms. The van der Waals surface area contributed by atoms with E-state index in [1.807, 2.05) is 0 Å². The first-order chi connectivity index (χ1) is 10.9. The zero-order chi connectivity index (χ0) is 14.8. The third-order valence-corrected chi connectivity index (χ3v) is 4.54. The van der Waals surface area contributed by atoms with E-state index in [0.717, 1.165) is 13.1 Å². The van der Waals surface area contributed by atoms with Crippen molar-refractivity contribution in [2.45, 2.75) is 18.9 Å². The van der Waals surface area contributed by atoms with E-state index in [-0.39, 0.29) is 6.04 Å². The van der Waals surface area contributed by atoms with Gasteiger partial charge in [-0.3, -0.25) is 0 Å². The van der Waals surface area contributed by atoms with E-state index in [2.05, 4.69) is 63.2 Å². The van der Waals surface area contributed by atoms with Gasteiger partial charge in [0, 0.05) is 6.54 Å². The van der Waals surface area contributed by atoms with Crippen LogP contribution in [0.15, 0.2) is 48.8 Å². The Morgan fingerprint density at radius 3 is 2.86 bits per heavy atom. The predicted octanol–water partition coefficient (Wildman–Crippen LogP) is 2.42. The summed E-state index contributed by atoms with van der Waals surface area (Å²) < 4.78 is 0. The zero-order valence-corrected chi connectivity index (χ0v) is 12.4. The van der Waals surface area contributed by atoms with Crippen LogP contribution in [0, 0.1) is 5.92 Å². The number of fused-ring (bicyclic) bond motifs is 1. The van der Waals surface area contributed by atoms with Gasteiger partial charge in [-0.15, -0.1) is 10.2 Å². The lowest BCUT2D eigenvalue weighted by Crippen LogP contribution is -2.36. The SMILES string of the molecule is c1ccc2c([C@@H]([C@@H]3CCCNC3)n3ncnn3)cccc2c1. The number of benzene rings is 2. The van der Waals surface area contributed by atoms with Crippen molar-refractivity contribution in [3.63, 3.8) is 0 Å². The Hall–Kier alpha value is -2.27. The third-order valence-electron chi connectivity index (χ3n) is 4.54. The molecule has 2 heterocycles. The monoisotopic (exact) mass is 293 g/mol. The number of piperidine rings is 1. The highest BCUT2D eigenvalue weighted by Crippen LogP contribution is 2.34. The first-order valence-corrected chi connectivity index (χ1v) is 7.84. The Labute approximate surface area is 129 Å². The fourth-order valence-corrected chi connectivity index (χ4v) is 3.53. The molecular weight excluding hydrogens is 274 g/mol. The molecule has 0 amide bonds. The van der Waals surface area contributed by atoms with E-state index >= 15 is 0 Å².